The van der Waals surface area contributed by atoms with Crippen molar-refractivity contribution in [1.29, 1.82) is 0 Å². The van der Waals surface area contributed by atoms with Gasteiger partial charge in [0.05, 0.1) is 23.7 Å². The van der Waals surface area contributed by atoms with E-state index in [0.717, 1.165) is 41.7 Å². The predicted molar refractivity (Wildman–Crippen MR) is 95.2 cm³/mol. The van der Waals surface area contributed by atoms with Gasteiger partial charge in [0.1, 0.15) is 11.6 Å². The average molecular weight is 340 g/mol. The van der Waals surface area contributed by atoms with Crippen molar-refractivity contribution < 1.29 is 13.9 Å². The second kappa shape index (κ2) is 7.47. The van der Waals surface area contributed by atoms with Gasteiger partial charge in [-0.2, -0.15) is 0 Å². The van der Waals surface area contributed by atoms with Crippen LogP contribution in [0.5, 0.6) is 0 Å². The van der Waals surface area contributed by atoms with Crippen molar-refractivity contribution in [3.05, 3.63) is 65.2 Å². The summed E-state index contributed by atoms with van der Waals surface area (Å²) in [6, 6.07) is 12.0. The number of aryl methyl sites for hydroxylation is 1. The van der Waals surface area contributed by atoms with Crippen molar-refractivity contribution in [2.75, 3.05) is 7.11 Å². The van der Waals surface area contributed by atoms with Crippen LogP contribution >= 0.6 is 0 Å². The van der Waals surface area contributed by atoms with Crippen LogP contribution in [0.15, 0.2) is 42.5 Å². The molecule has 0 bridgehead atoms. The minimum absolute atomic E-state index is 0.267. The molecule has 0 saturated heterocycles. The molecule has 130 valence electrons. The summed E-state index contributed by atoms with van der Waals surface area (Å²) in [5, 5.41) is 0. The Hall–Kier alpha value is -2.69. The van der Waals surface area contributed by atoms with Gasteiger partial charge in [-0.1, -0.05) is 25.5 Å². The molecule has 4 nitrogen and oxygen atoms in total. The molecule has 2 aromatic carbocycles. The molecule has 0 aliphatic rings. The van der Waals surface area contributed by atoms with Gasteiger partial charge in [-0.15, -0.1) is 0 Å². The van der Waals surface area contributed by atoms with Crippen molar-refractivity contribution >= 4 is 17.0 Å². The van der Waals surface area contributed by atoms with Crippen LogP contribution in [-0.2, 0) is 17.7 Å². The van der Waals surface area contributed by atoms with Crippen molar-refractivity contribution in [2.45, 2.75) is 32.7 Å². The number of esters is 1. The third-order valence-electron chi connectivity index (χ3n) is 4.26. The number of benzene rings is 2. The predicted octanol–water partition coefficient (Wildman–Crippen LogP) is 4.35. The van der Waals surface area contributed by atoms with Crippen LogP contribution in [0, 0.1) is 5.82 Å². The number of fused-ring (bicyclic) bond motifs is 1. The molecule has 0 atom stereocenters. The highest BCUT2D eigenvalue weighted by atomic mass is 19.1. The molecule has 1 aromatic heterocycles. The average Bonchev–Trinajstić information content (AvgIpc) is 2.96. The van der Waals surface area contributed by atoms with E-state index in [1.807, 2.05) is 12.1 Å². The van der Waals surface area contributed by atoms with Gasteiger partial charge in [-0.3, -0.25) is 0 Å². The molecule has 0 unspecified atom stereocenters. The quantitative estimate of drug-likeness (QED) is 0.627. The molecule has 5 heteroatoms. The van der Waals surface area contributed by atoms with E-state index >= 15 is 0 Å². The molecule has 0 amide bonds. The Bertz CT molecular complexity index is 885. The maximum atomic E-state index is 13.7. The highest BCUT2D eigenvalue weighted by Crippen LogP contribution is 2.21. The van der Waals surface area contributed by atoms with E-state index in [2.05, 4.69) is 16.5 Å². The number of carbonyl (C=O) groups excluding carboxylic acids is 1. The van der Waals surface area contributed by atoms with Gasteiger partial charge in [0, 0.05) is 13.0 Å². The zero-order chi connectivity index (χ0) is 17.8. The van der Waals surface area contributed by atoms with Gasteiger partial charge in [-0.25, -0.2) is 14.2 Å². The van der Waals surface area contributed by atoms with E-state index < -0.39 is 0 Å². The van der Waals surface area contributed by atoms with Crippen LogP contribution < -0.4 is 0 Å². The Morgan fingerprint density at radius 3 is 2.64 bits per heavy atom. The number of halogens is 1. The molecule has 0 N–H and O–H groups in total. The maximum Gasteiger partial charge on any atom is 0.337 e. The molecular formula is C20H21FN2O2. The van der Waals surface area contributed by atoms with Crippen LogP contribution in [0.25, 0.3) is 11.0 Å². The van der Waals surface area contributed by atoms with E-state index in [4.69, 9.17) is 4.74 Å². The first-order chi connectivity index (χ1) is 12.1. The Kier molecular flexibility index (Phi) is 5.12. The van der Waals surface area contributed by atoms with Gasteiger partial charge in [-0.05, 0) is 42.3 Å². The number of unbranched alkanes of at least 4 members (excludes halogenated alkanes) is 1. The summed E-state index contributed by atoms with van der Waals surface area (Å²) in [6.07, 6.45) is 2.96. The highest BCUT2D eigenvalue weighted by Gasteiger charge is 2.12. The first-order valence-corrected chi connectivity index (χ1v) is 8.44. The topological polar surface area (TPSA) is 44.1 Å². The second-order valence-electron chi connectivity index (χ2n) is 6.04. The van der Waals surface area contributed by atoms with Gasteiger partial charge >= 0.3 is 5.97 Å². The Morgan fingerprint density at radius 1 is 1.20 bits per heavy atom. The van der Waals surface area contributed by atoms with Crippen LogP contribution in [0.2, 0.25) is 0 Å². The SMILES string of the molecule is CCCCc1nc2ccc(F)cc2n1Cc1ccc(C(=O)OC)cc1. The lowest BCUT2D eigenvalue weighted by Crippen LogP contribution is -2.06. The Labute approximate surface area is 146 Å². The zero-order valence-electron chi connectivity index (χ0n) is 14.5. The molecule has 3 aromatic rings. The fourth-order valence-corrected chi connectivity index (χ4v) is 2.89. The molecule has 0 aliphatic heterocycles. The highest BCUT2D eigenvalue weighted by molar-refractivity contribution is 5.89. The summed E-state index contributed by atoms with van der Waals surface area (Å²) >= 11 is 0. The van der Waals surface area contributed by atoms with Gasteiger partial charge in [0.25, 0.3) is 0 Å². The summed E-state index contributed by atoms with van der Waals surface area (Å²) in [6.45, 7) is 2.72. The van der Waals surface area contributed by atoms with Crippen LogP contribution in [0.1, 0.15) is 41.5 Å². The van der Waals surface area contributed by atoms with Gasteiger partial charge in [0.15, 0.2) is 0 Å². The minimum atomic E-state index is -0.356. The van der Waals surface area contributed by atoms with Gasteiger partial charge < -0.3 is 9.30 Å². The van der Waals surface area contributed by atoms with E-state index in [1.54, 1.807) is 18.2 Å². The monoisotopic (exact) mass is 340 g/mol. The number of methoxy groups -OCH3 is 1. The molecule has 0 saturated carbocycles. The fourth-order valence-electron chi connectivity index (χ4n) is 2.89. The number of nitrogens with zero attached hydrogens (tertiary/aromatic N) is 2. The lowest BCUT2D eigenvalue weighted by Gasteiger charge is -2.10. The lowest BCUT2D eigenvalue weighted by molar-refractivity contribution is 0.0600. The molecule has 0 radical (unpaired) electrons. The molecular weight excluding hydrogens is 319 g/mol. The molecule has 1 heterocycles. The molecule has 3 rings (SSSR count). The second-order valence-corrected chi connectivity index (χ2v) is 6.04. The van der Waals surface area contributed by atoms with E-state index in [9.17, 15) is 9.18 Å². The summed E-state index contributed by atoms with van der Waals surface area (Å²) in [5.41, 5.74) is 3.13. The number of ether oxygens (including phenoxy) is 1. The van der Waals surface area contributed by atoms with Crippen molar-refractivity contribution in [2.24, 2.45) is 0 Å². The summed E-state index contributed by atoms with van der Waals surface area (Å²) in [7, 11) is 1.36. The number of hydrogen-bond donors (Lipinski definition) is 0. The smallest absolute Gasteiger partial charge is 0.337 e. The van der Waals surface area contributed by atoms with E-state index in [1.165, 1.54) is 19.2 Å². The molecule has 0 spiro atoms. The standard InChI is InChI=1S/C20H21FN2O2/c1-3-4-5-19-22-17-11-10-16(21)12-18(17)23(19)13-14-6-8-15(9-7-14)20(24)25-2/h6-12H,3-5,13H2,1-2H3. The third-order valence-corrected chi connectivity index (χ3v) is 4.26. The van der Waals surface area contributed by atoms with Crippen molar-refractivity contribution in [3.8, 4) is 0 Å². The largest absolute Gasteiger partial charge is 0.465 e. The van der Waals surface area contributed by atoms with Gasteiger partial charge in [0.2, 0.25) is 0 Å². The van der Waals surface area contributed by atoms with E-state index in [-0.39, 0.29) is 11.8 Å². The first-order valence-electron chi connectivity index (χ1n) is 8.44. The summed E-state index contributed by atoms with van der Waals surface area (Å²) in [5.74, 6) is 0.335. The summed E-state index contributed by atoms with van der Waals surface area (Å²) < 4.78 is 20.5. The number of aromatic nitrogens is 2. The summed E-state index contributed by atoms with van der Waals surface area (Å²) in [4.78, 5) is 16.2. The zero-order valence-corrected chi connectivity index (χ0v) is 14.5. The van der Waals surface area contributed by atoms with E-state index in [0.29, 0.717) is 12.1 Å². The normalized spacial score (nSPS) is 11.0. The number of imidazole rings is 1. The maximum absolute atomic E-state index is 13.7. The lowest BCUT2D eigenvalue weighted by atomic mass is 10.1. The van der Waals surface area contributed by atoms with Crippen LogP contribution in [0.4, 0.5) is 4.39 Å². The van der Waals surface area contributed by atoms with Crippen molar-refractivity contribution in [3.63, 3.8) is 0 Å². The number of hydrogen-bond acceptors (Lipinski definition) is 3. The Balaban J connectivity index is 1.95. The van der Waals surface area contributed by atoms with Crippen LogP contribution in [0.3, 0.4) is 0 Å². The number of carbonyl (C=O) groups is 1. The van der Waals surface area contributed by atoms with Crippen molar-refractivity contribution in [1.82, 2.24) is 9.55 Å². The third kappa shape index (κ3) is 3.71. The Morgan fingerprint density at radius 2 is 1.96 bits per heavy atom. The first kappa shape index (κ1) is 17.1. The minimum Gasteiger partial charge on any atom is -0.465 e. The van der Waals surface area contributed by atoms with Crippen LogP contribution in [-0.4, -0.2) is 22.6 Å². The molecule has 0 fully saturated rings. The molecule has 25 heavy (non-hydrogen) atoms. The fraction of sp³-hybridized carbons (Fsp3) is 0.300. The number of rotatable bonds is 6. The molecule has 0 aliphatic carbocycles.